The van der Waals surface area contributed by atoms with E-state index >= 15 is 0 Å². The first-order valence-corrected chi connectivity index (χ1v) is 14.9. The van der Waals surface area contributed by atoms with Crippen LogP contribution in [-0.4, -0.2) is 30.3 Å². The second kappa shape index (κ2) is 13.4. The van der Waals surface area contributed by atoms with E-state index in [1.807, 2.05) is 92.7 Å². The van der Waals surface area contributed by atoms with Gasteiger partial charge in [0.05, 0.1) is 35.1 Å². The van der Waals surface area contributed by atoms with Gasteiger partial charge in [0.1, 0.15) is 12.4 Å². The summed E-state index contributed by atoms with van der Waals surface area (Å²) in [5.41, 5.74) is 2.89. The number of ether oxygens (including phenoxy) is 3. The summed E-state index contributed by atoms with van der Waals surface area (Å²) >= 11 is 1.28. The third kappa shape index (κ3) is 6.47. The highest BCUT2D eigenvalue weighted by molar-refractivity contribution is 7.07. The number of carbonyl (C=O) groups excluding carboxylic acids is 1. The molecule has 3 aromatic carbocycles. The fourth-order valence-electron chi connectivity index (χ4n) is 4.86. The maximum Gasteiger partial charge on any atom is 0.271 e. The highest BCUT2D eigenvalue weighted by Gasteiger charge is 2.32. The summed E-state index contributed by atoms with van der Waals surface area (Å²) in [6.07, 6.45) is 3.48. The number of para-hydroxylation sites is 1. The van der Waals surface area contributed by atoms with Gasteiger partial charge in [-0.15, -0.1) is 0 Å². The van der Waals surface area contributed by atoms with Gasteiger partial charge in [-0.3, -0.25) is 14.2 Å². The minimum Gasteiger partial charge on any atom is -0.494 e. The molecule has 0 saturated carbocycles. The van der Waals surface area contributed by atoms with Crippen LogP contribution in [0.5, 0.6) is 17.2 Å². The predicted octanol–water partition coefficient (Wildman–Crippen LogP) is 5.24. The van der Waals surface area contributed by atoms with Crippen molar-refractivity contribution in [2.75, 3.05) is 25.1 Å². The van der Waals surface area contributed by atoms with E-state index in [2.05, 4.69) is 11.9 Å². The number of anilines is 1. The number of allylic oxidation sites excluding steroid dienone is 1. The summed E-state index contributed by atoms with van der Waals surface area (Å²) in [5.74, 6) is 1.56. The first-order valence-electron chi connectivity index (χ1n) is 14.1. The summed E-state index contributed by atoms with van der Waals surface area (Å²) in [4.78, 5) is 33.1. The molecule has 43 heavy (non-hydrogen) atoms. The number of nitrogens with one attached hydrogen (secondary N) is 1. The van der Waals surface area contributed by atoms with Gasteiger partial charge in [0.25, 0.3) is 11.5 Å². The number of hydrogen-bond acceptors (Lipinski definition) is 7. The number of amides is 1. The molecule has 1 amide bonds. The van der Waals surface area contributed by atoms with Crippen LogP contribution in [0.3, 0.4) is 0 Å². The molecule has 4 aromatic rings. The third-order valence-electron chi connectivity index (χ3n) is 6.73. The highest BCUT2D eigenvalue weighted by Crippen LogP contribution is 2.32. The lowest BCUT2D eigenvalue weighted by Crippen LogP contribution is -2.40. The summed E-state index contributed by atoms with van der Waals surface area (Å²) < 4.78 is 19.2. The smallest absolute Gasteiger partial charge is 0.271 e. The van der Waals surface area contributed by atoms with E-state index in [0.717, 1.165) is 11.1 Å². The lowest BCUT2D eigenvalue weighted by atomic mass is 9.95. The summed E-state index contributed by atoms with van der Waals surface area (Å²) in [6, 6.07) is 21.5. The van der Waals surface area contributed by atoms with Gasteiger partial charge < -0.3 is 19.5 Å². The molecule has 0 aliphatic carbocycles. The second-order valence-electron chi connectivity index (χ2n) is 9.64. The van der Waals surface area contributed by atoms with Crippen molar-refractivity contribution in [2.45, 2.75) is 26.8 Å². The lowest BCUT2D eigenvalue weighted by molar-refractivity contribution is -0.113. The van der Waals surface area contributed by atoms with Crippen LogP contribution in [0.1, 0.15) is 37.9 Å². The number of thiazole rings is 1. The molecule has 0 saturated heterocycles. The van der Waals surface area contributed by atoms with E-state index in [1.165, 1.54) is 11.3 Å². The van der Waals surface area contributed by atoms with E-state index in [1.54, 1.807) is 17.6 Å². The molecule has 1 atom stereocenters. The Labute approximate surface area is 253 Å². The molecule has 220 valence electrons. The van der Waals surface area contributed by atoms with Gasteiger partial charge in [-0.25, -0.2) is 4.99 Å². The van der Waals surface area contributed by atoms with Crippen LogP contribution >= 0.6 is 11.3 Å². The van der Waals surface area contributed by atoms with Gasteiger partial charge in [0.2, 0.25) is 0 Å². The molecule has 9 heteroatoms. The molecular weight excluding hydrogens is 562 g/mol. The van der Waals surface area contributed by atoms with E-state index < -0.39 is 6.04 Å². The minimum atomic E-state index is -0.688. The van der Waals surface area contributed by atoms with Gasteiger partial charge in [0, 0.05) is 5.69 Å². The Balaban J connectivity index is 1.62. The van der Waals surface area contributed by atoms with Crippen LogP contribution in [0.25, 0.3) is 6.08 Å². The molecule has 0 bridgehead atoms. The van der Waals surface area contributed by atoms with Crippen LogP contribution in [0.4, 0.5) is 5.69 Å². The van der Waals surface area contributed by atoms with E-state index in [0.29, 0.717) is 63.4 Å². The van der Waals surface area contributed by atoms with Crippen LogP contribution in [-0.2, 0) is 4.79 Å². The summed E-state index contributed by atoms with van der Waals surface area (Å²) in [6.45, 7) is 10.7. The number of rotatable bonds is 11. The van der Waals surface area contributed by atoms with Crippen LogP contribution < -0.4 is 34.4 Å². The third-order valence-corrected chi connectivity index (χ3v) is 7.71. The van der Waals surface area contributed by atoms with Crippen molar-refractivity contribution < 1.29 is 19.0 Å². The van der Waals surface area contributed by atoms with Gasteiger partial charge in [-0.1, -0.05) is 60.4 Å². The average Bonchev–Trinajstić information content (AvgIpc) is 3.31. The Hall–Kier alpha value is -4.89. The second-order valence-corrected chi connectivity index (χ2v) is 10.7. The fraction of sp³-hybridized carbons (Fsp3) is 0.206. The van der Waals surface area contributed by atoms with Crippen LogP contribution in [0.15, 0.2) is 107 Å². The first-order chi connectivity index (χ1) is 20.9. The standard InChI is InChI=1S/C34H33N3O5S/c1-5-19-42-27-18-13-23(20-28(27)41-7-3)21-29-33(39)37-31(24-14-16-26(17-15-24)40-6-2)30(22(4)35-34(37)43-29)32(38)36-25-11-9-8-10-12-25/h5,8-18,20-21,31H,1,6-7,19H2,2-4H3,(H,36,38)/b29-21-/t31-/m0/s1. The van der Waals surface area contributed by atoms with Gasteiger partial charge in [-0.2, -0.15) is 0 Å². The Morgan fingerprint density at radius 3 is 2.44 bits per heavy atom. The van der Waals surface area contributed by atoms with E-state index in [9.17, 15) is 9.59 Å². The molecule has 8 nitrogen and oxygen atoms in total. The van der Waals surface area contributed by atoms with Crippen molar-refractivity contribution in [3.05, 3.63) is 128 Å². The molecule has 0 fully saturated rings. The normalized spacial score (nSPS) is 14.5. The van der Waals surface area contributed by atoms with Crippen molar-refractivity contribution in [3.63, 3.8) is 0 Å². The summed E-state index contributed by atoms with van der Waals surface area (Å²) in [5, 5.41) is 2.98. The average molecular weight is 596 g/mol. The topological polar surface area (TPSA) is 91.2 Å². The number of fused-ring (bicyclic) bond motifs is 1. The zero-order valence-corrected chi connectivity index (χ0v) is 25.1. The van der Waals surface area contributed by atoms with Crippen molar-refractivity contribution in [1.29, 1.82) is 0 Å². The Morgan fingerprint density at radius 2 is 1.74 bits per heavy atom. The van der Waals surface area contributed by atoms with Crippen LogP contribution in [0, 0.1) is 0 Å². The Kier molecular flexibility index (Phi) is 9.22. The molecule has 2 heterocycles. The minimum absolute atomic E-state index is 0.245. The molecule has 1 N–H and O–H groups in total. The SMILES string of the molecule is C=CCOc1ccc(/C=c2\sc3n(c2=O)[C@@H](c2ccc(OCC)cc2)C(C(=O)Nc2ccccc2)=C(C)N=3)cc1OCC. The maximum atomic E-state index is 14.1. The van der Waals surface area contributed by atoms with Crippen molar-refractivity contribution in [1.82, 2.24) is 4.57 Å². The Morgan fingerprint density at radius 1 is 1.00 bits per heavy atom. The number of aromatic nitrogens is 1. The van der Waals surface area contributed by atoms with Crippen molar-refractivity contribution >= 4 is 29.0 Å². The number of hydrogen-bond donors (Lipinski definition) is 1. The van der Waals surface area contributed by atoms with Gasteiger partial charge >= 0.3 is 0 Å². The molecule has 5 rings (SSSR count). The number of nitrogens with zero attached hydrogens (tertiary/aromatic N) is 2. The van der Waals surface area contributed by atoms with Crippen molar-refractivity contribution in [3.8, 4) is 17.2 Å². The number of carbonyl (C=O) groups is 1. The zero-order chi connectivity index (χ0) is 30.3. The molecule has 1 aliphatic rings. The summed E-state index contributed by atoms with van der Waals surface area (Å²) in [7, 11) is 0. The highest BCUT2D eigenvalue weighted by atomic mass is 32.1. The Bertz CT molecular complexity index is 1840. The van der Waals surface area contributed by atoms with Gasteiger partial charge in [-0.05, 0) is 74.4 Å². The molecule has 0 radical (unpaired) electrons. The van der Waals surface area contributed by atoms with E-state index in [-0.39, 0.29) is 11.5 Å². The molecule has 1 aromatic heterocycles. The van der Waals surface area contributed by atoms with Crippen molar-refractivity contribution in [2.24, 2.45) is 4.99 Å². The van der Waals surface area contributed by atoms with E-state index in [4.69, 9.17) is 19.2 Å². The van der Waals surface area contributed by atoms with Crippen LogP contribution in [0.2, 0.25) is 0 Å². The largest absolute Gasteiger partial charge is 0.494 e. The fourth-order valence-corrected chi connectivity index (χ4v) is 5.91. The maximum absolute atomic E-state index is 14.1. The molecule has 0 unspecified atom stereocenters. The quantitative estimate of drug-likeness (QED) is 0.240. The predicted molar refractivity (Wildman–Crippen MR) is 170 cm³/mol. The first kappa shape index (κ1) is 29.6. The lowest BCUT2D eigenvalue weighted by Gasteiger charge is -2.25. The van der Waals surface area contributed by atoms with Gasteiger partial charge in [0.15, 0.2) is 16.3 Å². The molecule has 0 spiro atoms. The number of benzene rings is 3. The molecule has 1 aliphatic heterocycles. The zero-order valence-electron chi connectivity index (χ0n) is 24.3. The molecular formula is C34H33N3O5S. The monoisotopic (exact) mass is 595 g/mol.